The summed E-state index contributed by atoms with van der Waals surface area (Å²) in [6, 6.07) is 3.41. The molecule has 0 atom stereocenters. The maximum Gasteiger partial charge on any atom is 0.322 e. The van der Waals surface area contributed by atoms with Crippen LogP contribution in [0.4, 0.5) is 5.69 Å². The van der Waals surface area contributed by atoms with Crippen molar-refractivity contribution in [3.05, 3.63) is 22.7 Å². The first-order chi connectivity index (χ1) is 7.04. The molecule has 0 saturated carbocycles. The Balaban J connectivity index is 2.94. The fourth-order valence-electron chi connectivity index (χ4n) is 1.14. The fourth-order valence-corrected chi connectivity index (χ4v) is 1.29. The van der Waals surface area contributed by atoms with Gasteiger partial charge in [-0.05, 0) is 18.6 Å². The van der Waals surface area contributed by atoms with Crippen molar-refractivity contribution in [1.29, 1.82) is 0 Å². The monoisotopic (exact) mass is 229 g/mol. The molecule has 2 N–H and O–H groups in total. The Bertz CT molecular complexity index is 379. The minimum Gasteiger partial charge on any atom is -0.495 e. The lowest BCUT2D eigenvalue weighted by molar-refractivity contribution is -0.134. The summed E-state index contributed by atoms with van der Waals surface area (Å²) in [5.41, 5.74) is 1.49. The smallest absolute Gasteiger partial charge is 0.322 e. The quantitative estimate of drug-likeness (QED) is 0.831. The van der Waals surface area contributed by atoms with E-state index in [1.165, 1.54) is 7.11 Å². The minimum absolute atomic E-state index is 0.155. The van der Waals surface area contributed by atoms with Crippen LogP contribution >= 0.6 is 11.6 Å². The molecule has 0 spiro atoms. The van der Waals surface area contributed by atoms with Crippen molar-refractivity contribution in [2.45, 2.75) is 6.92 Å². The molecule has 0 aliphatic carbocycles. The molecule has 82 valence electrons. The fraction of sp³-hybridized carbons (Fsp3) is 0.300. The normalized spacial score (nSPS) is 9.80. The highest BCUT2D eigenvalue weighted by molar-refractivity contribution is 6.31. The lowest BCUT2D eigenvalue weighted by Gasteiger charge is -2.11. The summed E-state index contributed by atoms with van der Waals surface area (Å²) < 4.78 is 5.07. The molecule has 0 aromatic heterocycles. The predicted molar refractivity (Wildman–Crippen MR) is 58.9 cm³/mol. The summed E-state index contributed by atoms with van der Waals surface area (Å²) in [5.74, 6) is -0.392. The molecule has 0 heterocycles. The number of ether oxygens (including phenoxy) is 1. The molecule has 0 amide bonds. The molecule has 1 rings (SSSR count). The molecule has 1 aromatic carbocycles. The van der Waals surface area contributed by atoms with E-state index in [4.69, 9.17) is 21.4 Å². The second kappa shape index (κ2) is 4.89. The third-order valence-electron chi connectivity index (χ3n) is 1.91. The van der Waals surface area contributed by atoms with Gasteiger partial charge in [-0.1, -0.05) is 11.6 Å². The number of hydrogen-bond acceptors (Lipinski definition) is 3. The van der Waals surface area contributed by atoms with Crippen molar-refractivity contribution in [2.24, 2.45) is 0 Å². The van der Waals surface area contributed by atoms with Gasteiger partial charge >= 0.3 is 5.97 Å². The summed E-state index contributed by atoms with van der Waals surface area (Å²) in [6.45, 7) is 1.69. The largest absolute Gasteiger partial charge is 0.495 e. The van der Waals surface area contributed by atoms with E-state index in [9.17, 15) is 4.79 Å². The Morgan fingerprint density at radius 1 is 1.60 bits per heavy atom. The summed E-state index contributed by atoms with van der Waals surface area (Å²) in [4.78, 5) is 10.4. The molecule has 15 heavy (non-hydrogen) atoms. The highest BCUT2D eigenvalue weighted by Gasteiger charge is 2.07. The zero-order chi connectivity index (χ0) is 11.4. The molecule has 0 saturated heterocycles. The van der Waals surface area contributed by atoms with Crippen molar-refractivity contribution in [3.8, 4) is 5.75 Å². The van der Waals surface area contributed by atoms with Crippen LogP contribution < -0.4 is 10.1 Å². The van der Waals surface area contributed by atoms with Gasteiger partial charge in [-0.15, -0.1) is 0 Å². The highest BCUT2D eigenvalue weighted by atomic mass is 35.5. The number of aryl methyl sites for hydroxylation is 1. The number of rotatable bonds is 4. The van der Waals surface area contributed by atoms with Crippen LogP contribution in [0.2, 0.25) is 5.02 Å². The van der Waals surface area contributed by atoms with Gasteiger partial charge in [0.1, 0.15) is 12.3 Å². The van der Waals surface area contributed by atoms with Crippen LogP contribution in [0.15, 0.2) is 12.1 Å². The molecular weight excluding hydrogens is 218 g/mol. The second-order valence-corrected chi connectivity index (χ2v) is 3.46. The van der Waals surface area contributed by atoms with E-state index >= 15 is 0 Å². The van der Waals surface area contributed by atoms with E-state index in [-0.39, 0.29) is 6.54 Å². The van der Waals surface area contributed by atoms with Gasteiger partial charge in [-0.25, -0.2) is 0 Å². The van der Waals surface area contributed by atoms with Gasteiger partial charge in [0.15, 0.2) is 0 Å². The van der Waals surface area contributed by atoms with E-state index in [0.717, 1.165) is 5.56 Å². The van der Waals surface area contributed by atoms with E-state index in [1.54, 1.807) is 12.1 Å². The van der Waals surface area contributed by atoms with Crippen molar-refractivity contribution >= 4 is 23.3 Å². The topological polar surface area (TPSA) is 58.6 Å². The Morgan fingerprint density at radius 3 is 2.80 bits per heavy atom. The Hall–Kier alpha value is -1.42. The Morgan fingerprint density at radius 2 is 2.27 bits per heavy atom. The predicted octanol–water partition coefficient (Wildman–Crippen LogP) is 2.15. The molecular formula is C10H12ClNO3. The van der Waals surface area contributed by atoms with Crippen LogP contribution in [0.1, 0.15) is 5.56 Å². The van der Waals surface area contributed by atoms with E-state index in [0.29, 0.717) is 16.5 Å². The molecule has 0 fully saturated rings. The number of anilines is 1. The summed E-state index contributed by atoms with van der Waals surface area (Å²) in [5, 5.41) is 11.9. The molecule has 0 radical (unpaired) electrons. The second-order valence-electron chi connectivity index (χ2n) is 3.05. The zero-order valence-corrected chi connectivity index (χ0v) is 9.26. The third kappa shape index (κ3) is 3.02. The number of benzene rings is 1. The van der Waals surface area contributed by atoms with Gasteiger partial charge in [0, 0.05) is 11.1 Å². The Kier molecular flexibility index (Phi) is 3.80. The van der Waals surface area contributed by atoms with Crippen LogP contribution in [0.25, 0.3) is 0 Å². The average molecular weight is 230 g/mol. The van der Waals surface area contributed by atoms with Crippen LogP contribution in [0, 0.1) is 6.92 Å². The van der Waals surface area contributed by atoms with Crippen molar-refractivity contribution in [3.63, 3.8) is 0 Å². The first-order valence-electron chi connectivity index (χ1n) is 4.34. The number of carbonyl (C=O) groups is 1. The van der Waals surface area contributed by atoms with Crippen LogP contribution in [0.3, 0.4) is 0 Å². The van der Waals surface area contributed by atoms with E-state index < -0.39 is 5.97 Å². The SMILES string of the molecule is COc1cc(Cl)c(C)cc1NCC(=O)O. The van der Waals surface area contributed by atoms with E-state index in [1.807, 2.05) is 6.92 Å². The molecule has 1 aromatic rings. The van der Waals surface area contributed by atoms with Gasteiger partial charge < -0.3 is 15.2 Å². The number of carboxylic acid groups (broad SMARTS) is 1. The molecule has 0 aliphatic rings. The van der Waals surface area contributed by atoms with Crippen LogP contribution in [0.5, 0.6) is 5.75 Å². The molecule has 0 aliphatic heterocycles. The number of hydrogen-bond donors (Lipinski definition) is 2. The zero-order valence-electron chi connectivity index (χ0n) is 8.50. The molecule has 0 unspecified atom stereocenters. The maximum atomic E-state index is 10.4. The summed E-state index contributed by atoms with van der Waals surface area (Å²) >= 11 is 5.90. The average Bonchev–Trinajstić information content (AvgIpc) is 2.19. The number of carboxylic acids is 1. The van der Waals surface area contributed by atoms with Gasteiger partial charge in [-0.3, -0.25) is 4.79 Å². The Labute approximate surface area is 92.8 Å². The van der Waals surface area contributed by atoms with Crippen molar-refractivity contribution < 1.29 is 14.6 Å². The summed E-state index contributed by atoms with van der Waals surface area (Å²) in [7, 11) is 1.51. The van der Waals surface area contributed by atoms with Crippen LogP contribution in [-0.4, -0.2) is 24.7 Å². The van der Waals surface area contributed by atoms with Gasteiger partial charge in [0.2, 0.25) is 0 Å². The lowest BCUT2D eigenvalue weighted by atomic mass is 10.2. The number of nitrogens with one attached hydrogen (secondary N) is 1. The van der Waals surface area contributed by atoms with Gasteiger partial charge in [0.25, 0.3) is 0 Å². The van der Waals surface area contributed by atoms with Crippen molar-refractivity contribution in [2.75, 3.05) is 19.0 Å². The number of methoxy groups -OCH3 is 1. The highest BCUT2D eigenvalue weighted by Crippen LogP contribution is 2.30. The van der Waals surface area contributed by atoms with E-state index in [2.05, 4.69) is 5.32 Å². The molecule has 4 nitrogen and oxygen atoms in total. The first kappa shape index (κ1) is 11.7. The molecule has 0 bridgehead atoms. The van der Waals surface area contributed by atoms with Gasteiger partial charge in [0.05, 0.1) is 12.8 Å². The van der Waals surface area contributed by atoms with Crippen LogP contribution in [-0.2, 0) is 4.79 Å². The number of aliphatic carboxylic acids is 1. The van der Waals surface area contributed by atoms with Crippen molar-refractivity contribution in [1.82, 2.24) is 0 Å². The maximum absolute atomic E-state index is 10.4. The first-order valence-corrected chi connectivity index (χ1v) is 4.72. The molecule has 5 heteroatoms. The summed E-state index contributed by atoms with van der Waals surface area (Å²) in [6.07, 6.45) is 0. The minimum atomic E-state index is -0.926. The van der Waals surface area contributed by atoms with Gasteiger partial charge in [-0.2, -0.15) is 0 Å². The number of halogens is 1. The lowest BCUT2D eigenvalue weighted by Crippen LogP contribution is -2.13. The standard InChI is InChI=1S/C10H12ClNO3/c1-6-3-8(12-5-10(13)14)9(15-2)4-7(6)11/h3-4,12H,5H2,1-2H3,(H,13,14). The third-order valence-corrected chi connectivity index (χ3v) is 2.32.